The molecule has 0 radical (unpaired) electrons. The van der Waals surface area contributed by atoms with Gasteiger partial charge in [0, 0.05) is 38.3 Å². The lowest BCUT2D eigenvalue weighted by Gasteiger charge is -2.34. The molecule has 4 nitrogen and oxygen atoms in total. The third kappa shape index (κ3) is 3.14. The summed E-state index contributed by atoms with van der Waals surface area (Å²) in [4.78, 5) is 0. The van der Waals surface area contributed by atoms with Gasteiger partial charge in [-0.2, -0.15) is 0 Å². The van der Waals surface area contributed by atoms with Crippen molar-refractivity contribution in [3.63, 3.8) is 0 Å². The van der Waals surface area contributed by atoms with Gasteiger partial charge in [0.15, 0.2) is 0 Å². The first-order valence-electron chi connectivity index (χ1n) is 6.09. The summed E-state index contributed by atoms with van der Waals surface area (Å²) in [5, 5.41) is 8.55. The van der Waals surface area contributed by atoms with Crippen LogP contribution in [0.25, 0.3) is 0 Å². The molecule has 2 rings (SSSR count). The molecule has 0 spiro atoms. The molecule has 2 saturated heterocycles. The monoisotopic (exact) mass is 213 g/mol. The molecule has 1 N–H and O–H groups in total. The van der Waals surface area contributed by atoms with E-state index in [1.807, 2.05) is 0 Å². The number of ether oxygens (including phenoxy) is 1. The zero-order valence-electron chi connectivity index (χ0n) is 9.91. The van der Waals surface area contributed by atoms with Crippen molar-refractivity contribution < 1.29 is 4.74 Å². The third-order valence-electron chi connectivity index (χ3n) is 3.12. The summed E-state index contributed by atoms with van der Waals surface area (Å²) in [6, 6.07) is 1.27. The number of hydrazine groups is 1. The number of hydrogen-bond acceptors (Lipinski definition) is 4. The summed E-state index contributed by atoms with van der Waals surface area (Å²) in [6.07, 6.45) is 1.27. The van der Waals surface area contributed by atoms with Crippen LogP contribution >= 0.6 is 0 Å². The Hall–Kier alpha value is -0.160. The normalized spacial score (nSPS) is 30.2. The fourth-order valence-corrected chi connectivity index (χ4v) is 2.44. The molecule has 1 unspecified atom stereocenters. The van der Waals surface area contributed by atoms with Crippen LogP contribution in [0.3, 0.4) is 0 Å². The highest BCUT2D eigenvalue weighted by Crippen LogP contribution is 2.13. The maximum absolute atomic E-state index is 5.37. The molecular formula is C11H23N3O. The van der Waals surface area contributed by atoms with E-state index in [0.717, 1.165) is 32.8 Å². The first-order valence-corrected chi connectivity index (χ1v) is 6.09. The Labute approximate surface area is 92.5 Å². The van der Waals surface area contributed by atoms with E-state index >= 15 is 0 Å². The van der Waals surface area contributed by atoms with Gasteiger partial charge >= 0.3 is 0 Å². The van der Waals surface area contributed by atoms with Crippen molar-refractivity contribution in [2.24, 2.45) is 0 Å². The molecule has 2 fully saturated rings. The number of nitrogens with one attached hydrogen (secondary N) is 1. The minimum atomic E-state index is 0.597. The van der Waals surface area contributed by atoms with Crippen molar-refractivity contribution in [2.45, 2.75) is 32.4 Å². The van der Waals surface area contributed by atoms with Gasteiger partial charge in [0.05, 0.1) is 13.2 Å². The van der Waals surface area contributed by atoms with Gasteiger partial charge in [0.25, 0.3) is 0 Å². The molecule has 0 bridgehead atoms. The SMILES string of the molecule is CC(C)NC1CCN(N2CCOCC2)C1. The van der Waals surface area contributed by atoms with Crippen molar-refractivity contribution in [3.05, 3.63) is 0 Å². The standard InChI is InChI=1S/C11H23N3O/c1-10(2)12-11-3-4-14(9-11)13-5-7-15-8-6-13/h10-12H,3-9H2,1-2H3. The van der Waals surface area contributed by atoms with Crippen LogP contribution in [-0.4, -0.2) is 61.5 Å². The maximum atomic E-state index is 5.37. The fraction of sp³-hybridized carbons (Fsp3) is 1.00. The minimum Gasteiger partial charge on any atom is -0.379 e. The number of nitrogens with zero attached hydrogens (tertiary/aromatic N) is 2. The van der Waals surface area contributed by atoms with Crippen molar-refractivity contribution in [3.8, 4) is 0 Å². The summed E-state index contributed by atoms with van der Waals surface area (Å²) in [5.41, 5.74) is 0. The maximum Gasteiger partial charge on any atom is 0.0608 e. The Bertz CT molecular complexity index is 192. The van der Waals surface area contributed by atoms with E-state index < -0.39 is 0 Å². The second-order valence-electron chi connectivity index (χ2n) is 4.79. The summed E-state index contributed by atoms with van der Waals surface area (Å²) in [6.45, 7) is 10.7. The lowest BCUT2D eigenvalue weighted by molar-refractivity contribution is -0.0783. The molecule has 0 aromatic heterocycles. The second-order valence-corrected chi connectivity index (χ2v) is 4.79. The Balaban J connectivity index is 1.76. The number of hydrogen-bond donors (Lipinski definition) is 1. The van der Waals surface area contributed by atoms with Gasteiger partial charge in [-0.25, -0.2) is 10.0 Å². The number of morpholine rings is 1. The second kappa shape index (κ2) is 5.25. The smallest absolute Gasteiger partial charge is 0.0608 e. The van der Waals surface area contributed by atoms with E-state index in [2.05, 4.69) is 29.2 Å². The van der Waals surface area contributed by atoms with Gasteiger partial charge in [0.1, 0.15) is 0 Å². The summed E-state index contributed by atoms with van der Waals surface area (Å²) >= 11 is 0. The van der Waals surface area contributed by atoms with Crippen LogP contribution in [0.15, 0.2) is 0 Å². The Kier molecular flexibility index (Phi) is 3.97. The van der Waals surface area contributed by atoms with Gasteiger partial charge in [-0.15, -0.1) is 0 Å². The van der Waals surface area contributed by atoms with Gasteiger partial charge in [-0.1, -0.05) is 13.8 Å². The molecule has 0 aromatic carbocycles. The summed E-state index contributed by atoms with van der Waals surface area (Å²) in [5.74, 6) is 0. The molecule has 88 valence electrons. The van der Waals surface area contributed by atoms with E-state index in [9.17, 15) is 0 Å². The van der Waals surface area contributed by atoms with Crippen molar-refractivity contribution in [1.82, 2.24) is 15.3 Å². The van der Waals surface area contributed by atoms with Crippen LogP contribution in [-0.2, 0) is 4.74 Å². The quantitative estimate of drug-likeness (QED) is 0.730. The van der Waals surface area contributed by atoms with Crippen molar-refractivity contribution in [2.75, 3.05) is 39.4 Å². The van der Waals surface area contributed by atoms with E-state index in [4.69, 9.17) is 4.74 Å². The van der Waals surface area contributed by atoms with Crippen molar-refractivity contribution >= 4 is 0 Å². The molecule has 2 aliphatic rings. The van der Waals surface area contributed by atoms with Gasteiger partial charge in [-0.05, 0) is 6.42 Å². The molecule has 4 heteroatoms. The first-order chi connectivity index (χ1) is 7.25. The molecule has 0 aliphatic carbocycles. The topological polar surface area (TPSA) is 27.7 Å². The molecule has 1 atom stereocenters. The van der Waals surface area contributed by atoms with Gasteiger partial charge in [0.2, 0.25) is 0 Å². The Morgan fingerprint density at radius 2 is 1.87 bits per heavy atom. The van der Waals surface area contributed by atoms with E-state index in [-0.39, 0.29) is 0 Å². The van der Waals surface area contributed by atoms with Crippen LogP contribution in [0.4, 0.5) is 0 Å². The molecule has 0 aromatic rings. The highest BCUT2D eigenvalue weighted by molar-refractivity contribution is 4.81. The largest absolute Gasteiger partial charge is 0.379 e. The predicted molar refractivity (Wildman–Crippen MR) is 60.6 cm³/mol. The molecule has 0 amide bonds. The fourth-order valence-electron chi connectivity index (χ4n) is 2.44. The average Bonchev–Trinajstić information content (AvgIpc) is 2.67. The first kappa shape index (κ1) is 11.3. The van der Waals surface area contributed by atoms with E-state index in [1.54, 1.807) is 0 Å². The van der Waals surface area contributed by atoms with E-state index in [1.165, 1.54) is 13.0 Å². The molecule has 2 heterocycles. The number of rotatable bonds is 3. The summed E-state index contributed by atoms with van der Waals surface area (Å²) in [7, 11) is 0. The molecule has 15 heavy (non-hydrogen) atoms. The zero-order valence-corrected chi connectivity index (χ0v) is 9.91. The highest BCUT2D eigenvalue weighted by Gasteiger charge is 2.27. The molecule has 0 saturated carbocycles. The Morgan fingerprint density at radius 1 is 1.13 bits per heavy atom. The van der Waals surface area contributed by atoms with Crippen LogP contribution in [0, 0.1) is 0 Å². The predicted octanol–water partition coefficient (Wildman–Crippen LogP) is 0.306. The zero-order chi connectivity index (χ0) is 10.7. The van der Waals surface area contributed by atoms with Crippen molar-refractivity contribution in [1.29, 1.82) is 0 Å². The lowest BCUT2D eigenvalue weighted by Crippen LogP contribution is -2.49. The third-order valence-corrected chi connectivity index (χ3v) is 3.12. The minimum absolute atomic E-state index is 0.597. The van der Waals surface area contributed by atoms with Crippen LogP contribution in [0.2, 0.25) is 0 Å². The Morgan fingerprint density at radius 3 is 2.53 bits per heavy atom. The van der Waals surface area contributed by atoms with Crippen LogP contribution in [0.1, 0.15) is 20.3 Å². The van der Waals surface area contributed by atoms with Gasteiger partial charge in [-0.3, -0.25) is 0 Å². The average molecular weight is 213 g/mol. The lowest BCUT2D eigenvalue weighted by atomic mass is 10.2. The highest BCUT2D eigenvalue weighted by atomic mass is 16.5. The van der Waals surface area contributed by atoms with Crippen LogP contribution < -0.4 is 5.32 Å². The summed E-state index contributed by atoms with van der Waals surface area (Å²) < 4.78 is 5.37. The van der Waals surface area contributed by atoms with E-state index in [0.29, 0.717) is 12.1 Å². The molecular weight excluding hydrogens is 190 g/mol. The van der Waals surface area contributed by atoms with Gasteiger partial charge < -0.3 is 10.1 Å². The molecule has 2 aliphatic heterocycles. The van der Waals surface area contributed by atoms with Crippen LogP contribution in [0.5, 0.6) is 0 Å².